The summed E-state index contributed by atoms with van der Waals surface area (Å²) in [6, 6.07) is 1.06. The molecule has 0 N–H and O–H groups in total. The summed E-state index contributed by atoms with van der Waals surface area (Å²) in [5.41, 5.74) is -1.29. The SMILES string of the molecule is CCOC(=O)Cc1cc(I)c(OC(F)(F)F)c(C(F)F)n1. The molecule has 1 aromatic rings. The maximum atomic E-state index is 12.8. The normalized spacial score (nSPS) is 11.6. The number of pyridine rings is 1. The van der Waals surface area contributed by atoms with Crippen molar-refractivity contribution in [3.8, 4) is 5.75 Å². The number of hydrogen-bond donors (Lipinski definition) is 0. The number of halogens is 6. The highest BCUT2D eigenvalue weighted by atomic mass is 127. The topological polar surface area (TPSA) is 48.4 Å². The predicted octanol–water partition coefficient (Wildman–Crippen LogP) is 3.63. The molecule has 0 amide bonds. The van der Waals surface area contributed by atoms with E-state index in [2.05, 4.69) is 14.5 Å². The summed E-state index contributed by atoms with van der Waals surface area (Å²) in [6.45, 7) is 1.65. The molecule has 10 heteroatoms. The lowest BCUT2D eigenvalue weighted by molar-refractivity contribution is -0.275. The fraction of sp³-hybridized carbons (Fsp3) is 0.455. The van der Waals surface area contributed by atoms with E-state index in [1.807, 2.05) is 0 Å². The Kier molecular flexibility index (Phi) is 6.10. The smallest absolute Gasteiger partial charge is 0.466 e. The van der Waals surface area contributed by atoms with Crippen molar-refractivity contribution >= 4 is 28.6 Å². The fourth-order valence-electron chi connectivity index (χ4n) is 1.39. The summed E-state index contributed by atoms with van der Waals surface area (Å²) < 4.78 is 70.2. The van der Waals surface area contributed by atoms with E-state index in [9.17, 15) is 26.7 Å². The van der Waals surface area contributed by atoms with Crippen molar-refractivity contribution in [3.63, 3.8) is 0 Å². The van der Waals surface area contributed by atoms with Crippen molar-refractivity contribution in [2.24, 2.45) is 0 Å². The summed E-state index contributed by atoms with van der Waals surface area (Å²) >= 11 is 1.40. The number of aromatic nitrogens is 1. The van der Waals surface area contributed by atoms with E-state index in [0.29, 0.717) is 0 Å². The van der Waals surface area contributed by atoms with Gasteiger partial charge in [-0.3, -0.25) is 4.79 Å². The lowest BCUT2D eigenvalue weighted by Gasteiger charge is -2.15. The van der Waals surface area contributed by atoms with Gasteiger partial charge in [0.1, 0.15) is 5.69 Å². The van der Waals surface area contributed by atoms with Gasteiger partial charge in [0.2, 0.25) is 0 Å². The Morgan fingerprint density at radius 2 is 2.05 bits per heavy atom. The van der Waals surface area contributed by atoms with Crippen LogP contribution in [0.1, 0.15) is 24.7 Å². The lowest BCUT2D eigenvalue weighted by Crippen LogP contribution is -2.20. The van der Waals surface area contributed by atoms with Crippen molar-refractivity contribution < 1.29 is 36.2 Å². The van der Waals surface area contributed by atoms with Gasteiger partial charge >= 0.3 is 12.3 Å². The van der Waals surface area contributed by atoms with Gasteiger partial charge in [-0.25, -0.2) is 13.8 Å². The highest BCUT2D eigenvalue weighted by molar-refractivity contribution is 14.1. The highest BCUT2D eigenvalue weighted by Crippen LogP contribution is 2.35. The average Bonchev–Trinajstić information content (AvgIpc) is 2.30. The Bertz CT molecular complexity index is 521. The zero-order valence-corrected chi connectivity index (χ0v) is 12.7. The van der Waals surface area contributed by atoms with Gasteiger partial charge in [-0.05, 0) is 35.6 Å². The third-order valence-electron chi connectivity index (χ3n) is 2.06. The minimum atomic E-state index is -5.12. The second-order valence-corrected chi connectivity index (χ2v) is 4.80. The number of carbonyl (C=O) groups is 1. The first-order chi connectivity index (χ1) is 9.64. The van der Waals surface area contributed by atoms with Crippen LogP contribution in [0, 0.1) is 3.57 Å². The number of ether oxygens (including phenoxy) is 2. The van der Waals surface area contributed by atoms with Crippen LogP contribution in [0.4, 0.5) is 22.0 Å². The van der Waals surface area contributed by atoms with E-state index in [4.69, 9.17) is 0 Å². The lowest BCUT2D eigenvalue weighted by atomic mass is 10.2. The molecule has 4 nitrogen and oxygen atoms in total. The van der Waals surface area contributed by atoms with Gasteiger partial charge in [-0.1, -0.05) is 0 Å². The third kappa shape index (κ3) is 5.59. The van der Waals surface area contributed by atoms with E-state index >= 15 is 0 Å². The summed E-state index contributed by atoms with van der Waals surface area (Å²) in [5.74, 6) is -1.78. The molecule has 1 aromatic heterocycles. The molecule has 0 fully saturated rings. The molecule has 0 aliphatic rings. The number of carbonyl (C=O) groups excluding carboxylic acids is 1. The van der Waals surface area contributed by atoms with Crippen LogP contribution in [-0.4, -0.2) is 23.9 Å². The van der Waals surface area contributed by atoms with Crippen molar-refractivity contribution in [2.75, 3.05) is 6.61 Å². The first kappa shape index (κ1) is 17.9. The van der Waals surface area contributed by atoms with Crippen LogP contribution >= 0.6 is 22.6 Å². The van der Waals surface area contributed by atoms with Crippen LogP contribution in [0.2, 0.25) is 0 Å². The van der Waals surface area contributed by atoms with E-state index in [0.717, 1.165) is 6.07 Å². The number of esters is 1. The predicted molar refractivity (Wildman–Crippen MR) is 68.9 cm³/mol. The van der Waals surface area contributed by atoms with Crippen molar-refractivity contribution in [2.45, 2.75) is 26.1 Å². The van der Waals surface area contributed by atoms with Crippen LogP contribution in [0.5, 0.6) is 5.75 Å². The molecular formula is C11H9F5INO3. The highest BCUT2D eigenvalue weighted by Gasteiger charge is 2.35. The molecule has 21 heavy (non-hydrogen) atoms. The molecule has 1 heterocycles. The van der Waals surface area contributed by atoms with Crippen molar-refractivity contribution in [1.82, 2.24) is 4.98 Å². The van der Waals surface area contributed by atoms with Crippen LogP contribution in [0.15, 0.2) is 6.07 Å². The number of rotatable bonds is 5. The maximum absolute atomic E-state index is 12.8. The second-order valence-electron chi connectivity index (χ2n) is 3.64. The molecule has 0 bridgehead atoms. The summed E-state index contributed by atoms with van der Waals surface area (Å²) in [6.07, 6.45) is -8.82. The molecule has 0 aliphatic heterocycles. The zero-order valence-electron chi connectivity index (χ0n) is 10.5. The summed E-state index contributed by atoms with van der Waals surface area (Å²) in [4.78, 5) is 14.6. The Balaban J connectivity index is 3.15. The van der Waals surface area contributed by atoms with Crippen LogP contribution in [0.3, 0.4) is 0 Å². The molecular weight excluding hydrogens is 416 g/mol. The quantitative estimate of drug-likeness (QED) is 0.411. The van der Waals surface area contributed by atoms with Gasteiger partial charge in [0.25, 0.3) is 6.43 Å². The van der Waals surface area contributed by atoms with E-state index in [1.165, 1.54) is 22.6 Å². The average molecular weight is 425 g/mol. The Labute approximate surface area is 129 Å². The van der Waals surface area contributed by atoms with Crippen molar-refractivity contribution in [3.05, 3.63) is 21.0 Å². The minimum Gasteiger partial charge on any atom is -0.466 e. The van der Waals surface area contributed by atoms with Gasteiger partial charge in [0.15, 0.2) is 5.75 Å². The standard InChI is InChI=1S/C11H9F5INO3/c1-2-20-7(19)4-5-3-6(17)9(21-11(14,15)16)8(18-5)10(12)13/h3,10H,2,4H2,1H3. The Morgan fingerprint density at radius 1 is 1.43 bits per heavy atom. The second kappa shape index (κ2) is 7.18. The molecule has 0 saturated heterocycles. The van der Waals surface area contributed by atoms with Crippen LogP contribution in [0.25, 0.3) is 0 Å². The number of hydrogen-bond acceptors (Lipinski definition) is 4. The molecule has 0 atom stereocenters. The first-order valence-electron chi connectivity index (χ1n) is 5.52. The molecule has 0 spiro atoms. The van der Waals surface area contributed by atoms with Gasteiger partial charge < -0.3 is 9.47 Å². The summed E-state index contributed by atoms with van der Waals surface area (Å²) in [5, 5.41) is 0. The zero-order chi connectivity index (χ0) is 16.2. The first-order valence-corrected chi connectivity index (χ1v) is 6.60. The Hall–Kier alpha value is -1.20. The molecule has 0 unspecified atom stereocenters. The molecule has 0 aliphatic carbocycles. The fourth-order valence-corrected chi connectivity index (χ4v) is 2.13. The van der Waals surface area contributed by atoms with Gasteiger partial charge in [0.05, 0.1) is 22.3 Å². The van der Waals surface area contributed by atoms with Crippen molar-refractivity contribution in [1.29, 1.82) is 0 Å². The maximum Gasteiger partial charge on any atom is 0.573 e. The minimum absolute atomic E-state index is 0.0902. The number of nitrogens with zero attached hydrogens (tertiary/aromatic N) is 1. The third-order valence-corrected chi connectivity index (χ3v) is 2.86. The van der Waals surface area contributed by atoms with E-state index in [-0.39, 0.29) is 15.9 Å². The molecule has 0 saturated carbocycles. The molecule has 1 rings (SSSR count). The molecule has 118 valence electrons. The van der Waals surface area contributed by atoms with E-state index in [1.54, 1.807) is 6.92 Å². The van der Waals surface area contributed by atoms with Crippen LogP contribution in [-0.2, 0) is 16.0 Å². The van der Waals surface area contributed by atoms with Gasteiger partial charge in [-0.2, -0.15) is 0 Å². The molecule has 0 aromatic carbocycles. The molecule has 0 radical (unpaired) electrons. The number of alkyl halides is 5. The van der Waals surface area contributed by atoms with Gasteiger partial charge in [0, 0.05) is 0 Å². The van der Waals surface area contributed by atoms with Crippen LogP contribution < -0.4 is 4.74 Å². The monoisotopic (exact) mass is 425 g/mol. The summed E-state index contributed by atoms with van der Waals surface area (Å²) in [7, 11) is 0. The Morgan fingerprint density at radius 3 is 2.52 bits per heavy atom. The largest absolute Gasteiger partial charge is 0.573 e. The van der Waals surface area contributed by atoms with E-state index < -0.39 is 36.6 Å². The van der Waals surface area contributed by atoms with Gasteiger partial charge in [-0.15, -0.1) is 13.2 Å².